The van der Waals surface area contributed by atoms with Gasteiger partial charge in [-0.05, 0) is 31.5 Å². The third-order valence-electron chi connectivity index (χ3n) is 4.20. The Hall–Kier alpha value is -0.420. The lowest BCUT2D eigenvalue weighted by atomic mass is 9.90. The summed E-state index contributed by atoms with van der Waals surface area (Å²) in [5, 5.41) is 10.2. The van der Waals surface area contributed by atoms with Gasteiger partial charge in [-0.3, -0.25) is 4.90 Å². The van der Waals surface area contributed by atoms with Gasteiger partial charge in [0.1, 0.15) is 0 Å². The molecule has 3 atom stereocenters. The minimum absolute atomic E-state index is 0.147. The van der Waals surface area contributed by atoms with Crippen molar-refractivity contribution in [1.82, 2.24) is 4.90 Å². The highest BCUT2D eigenvalue weighted by Gasteiger charge is 2.31. The summed E-state index contributed by atoms with van der Waals surface area (Å²) < 4.78 is 1.09. The lowest BCUT2D eigenvalue weighted by Gasteiger charge is -2.40. The lowest BCUT2D eigenvalue weighted by Crippen LogP contribution is -2.46. The standard InChI is InChI=1S/C15H23BrN2O/c1-18(13-8-4-5-9-15(13)19)14(10-17)11-6-2-3-7-12(11)16/h2-3,6-7,13-15,19H,4-5,8-10,17H2,1H3. The fraction of sp³-hybridized carbons (Fsp3) is 0.600. The molecule has 1 aliphatic rings. The van der Waals surface area contributed by atoms with Crippen LogP contribution in [0, 0.1) is 0 Å². The second-order valence-electron chi connectivity index (χ2n) is 5.36. The smallest absolute Gasteiger partial charge is 0.0695 e. The molecule has 0 spiro atoms. The maximum atomic E-state index is 10.2. The van der Waals surface area contributed by atoms with Crippen LogP contribution in [0.15, 0.2) is 28.7 Å². The van der Waals surface area contributed by atoms with Crippen LogP contribution in [0.1, 0.15) is 37.3 Å². The van der Waals surface area contributed by atoms with Crippen LogP contribution in [0.5, 0.6) is 0 Å². The largest absolute Gasteiger partial charge is 0.391 e. The van der Waals surface area contributed by atoms with Crippen molar-refractivity contribution in [2.75, 3.05) is 13.6 Å². The van der Waals surface area contributed by atoms with Gasteiger partial charge < -0.3 is 10.8 Å². The molecule has 0 aliphatic heterocycles. The maximum absolute atomic E-state index is 10.2. The first-order valence-electron chi connectivity index (χ1n) is 6.99. The van der Waals surface area contributed by atoms with Crippen molar-refractivity contribution in [3.63, 3.8) is 0 Å². The molecule has 106 valence electrons. The Morgan fingerprint density at radius 3 is 2.68 bits per heavy atom. The SMILES string of the molecule is CN(C(CN)c1ccccc1Br)C1CCCCC1O. The van der Waals surface area contributed by atoms with Crippen molar-refractivity contribution in [2.45, 2.75) is 43.9 Å². The quantitative estimate of drug-likeness (QED) is 0.894. The van der Waals surface area contributed by atoms with Crippen molar-refractivity contribution in [3.8, 4) is 0 Å². The van der Waals surface area contributed by atoms with Crippen LogP contribution in [0.4, 0.5) is 0 Å². The second-order valence-corrected chi connectivity index (χ2v) is 6.21. The normalized spacial score (nSPS) is 25.5. The predicted octanol–water partition coefficient (Wildman–Crippen LogP) is 2.68. The Labute approximate surface area is 123 Å². The van der Waals surface area contributed by atoms with E-state index in [0.717, 1.165) is 23.7 Å². The number of hydrogen-bond donors (Lipinski definition) is 2. The summed E-state index contributed by atoms with van der Waals surface area (Å²) in [7, 11) is 2.08. The predicted molar refractivity (Wildman–Crippen MR) is 82.0 cm³/mol. The van der Waals surface area contributed by atoms with E-state index in [2.05, 4.69) is 33.9 Å². The molecule has 0 heterocycles. The zero-order valence-corrected chi connectivity index (χ0v) is 13.0. The first-order valence-corrected chi connectivity index (χ1v) is 7.79. The molecule has 2 rings (SSSR count). The summed E-state index contributed by atoms with van der Waals surface area (Å²) in [6.07, 6.45) is 4.06. The third kappa shape index (κ3) is 3.37. The molecule has 0 aromatic heterocycles. The summed E-state index contributed by atoms with van der Waals surface area (Å²) in [6, 6.07) is 8.56. The molecule has 0 saturated heterocycles. The van der Waals surface area contributed by atoms with Crippen LogP contribution >= 0.6 is 15.9 Å². The maximum Gasteiger partial charge on any atom is 0.0695 e. The fourth-order valence-electron chi connectivity index (χ4n) is 3.06. The Morgan fingerprint density at radius 2 is 2.05 bits per heavy atom. The molecule has 4 heteroatoms. The van der Waals surface area contributed by atoms with Crippen molar-refractivity contribution in [2.24, 2.45) is 5.73 Å². The number of halogens is 1. The monoisotopic (exact) mass is 326 g/mol. The zero-order valence-electron chi connectivity index (χ0n) is 11.4. The molecule has 3 N–H and O–H groups in total. The van der Waals surface area contributed by atoms with Crippen molar-refractivity contribution >= 4 is 15.9 Å². The van der Waals surface area contributed by atoms with E-state index in [1.54, 1.807) is 0 Å². The molecule has 1 aromatic rings. The molecule has 3 unspecified atom stereocenters. The van der Waals surface area contributed by atoms with Crippen LogP contribution < -0.4 is 5.73 Å². The van der Waals surface area contributed by atoms with Gasteiger partial charge in [-0.2, -0.15) is 0 Å². The molecule has 0 bridgehead atoms. The van der Waals surface area contributed by atoms with Crippen LogP contribution in [0.2, 0.25) is 0 Å². The number of benzene rings is 1. The first-order chi connectivity index (χ1) is 9.15. The number of hydrogen-bond acceptors (Lipinski definition) is 3. The molecule has 3 nitrogen and oxygen atoms in total. The Bertz CT molecular complexity index is 413. The average molecular weight is 327 g/mol. The summed E-state index contributed by atoms with van der Waals surface area (Å²) in [5.41, 5.74) is 7.18. The van der Waals surface area contributed by atoms with Crippen LogP contribution in [0.25, 0.3) is 0 Å². The molecular formula is C15H23BrN2O. The number of nitrogens with two attached hydrogens (primary N) is 1. The molecule has 0 amide bonds. The van der Waals surface area contributed by atoms with Gasteiger partial charge in [0.2, 0.25) is 0 Å². The highest BCUT2D eigenvalue weighted by Crippen LogP contribution is 2.31. The molecular weight excluding hydrogens is 304 g/mol. The summed E-state index contributed by atoms with van der Waals surface area (Å²) in [6.45, 7) is 0.558. The van der Waals surface area contributed by atoms with Crippen LogP contribution in [-0.4, -0.2) is 35.7 Å². The molecule has 1 aliphatic carbocycles. The van der Waals surface area contributed by atoms with Gasteiger partial charge in [0, 0.05) is 23.1 Å². The molecule has 0 radical (unpaired) electrons. The van der Waals surface area contributed by atoms with E-state index in [1.807, 2.05) is 18.2 Å². The Balaban J connectivity index is 2.19. The third-order valence-corrected chi connectivity index (χ3v) is 4.92. The summed E-state index contributed by atoms with van der Waals surface area (Å²) in [5.74, 6) is 0. The van der Waals surface area contributed by atoms with Crippen molar-refractivity contribution in [3.05, 3.63) is 34.3 Å². The van der Waals surface area contributed by atoms with E-state index >= 15 is 0 Å². The summed E-state index contributed by atoms with van der Waals surface area (Å²) in [4.78, 5) is 2.25. The van der Waals surface area contributed by atoms with E-state index in [9.17, 15) is 5.11 Å². The second kappa shape index (κ2) is 6.84. The molecule has 1 aromatic carbocycles. The minimum Gasteiger partial charge on any atom is -0.391 e. The fourth-order valence-corrected chi connectivity index (χ4v) is 3.60. The first kappa shape index (κ1) is 15.0. The number of likely N-dealkylation sites (N-methyl/N-ethyl adjacent to an activating group) is 1. The number of rotatable bonds is 4. The Morgan fingerprint density at radius 1 is 1.37 bits per heavy atom. The van der Waals surface area contributed by atoms with E-state index in [4.69, 9.17) is 5.73 Å². The van der Waals surface area contributed by atoms with Crippen LogP contribution in [-0.2, 0) is 0 Å². The van der Waals surface area contributed by atoms with E-state index in [-0.39, 0.29) is 18.2 Å². The van der Waals surface area contributed by atoms with Gasteiger partial charge in [0.25, 0.3) is 0 Å². The zero-order chi connectivity index (χ0) is 13.8. The molecule has 19 heavy (non-hydrogen) atoms. The van der Waals surface area contributed by atoms with E-state index in [1.165, 1.54) is 12.0 Å². The lowest BCUT2D eigenvalue weighted by molar-refractivity contribution is 0.0136. The average Bonchev–Trinajstić information content (AvgIpc) is 2.42. The van der Waals surface area contributed by atoms with Gasteiger partial charge in [0.15, 0.2) is 0 Å². The van der Waals surface area contributed by atoms with Gasteiger partial charge in [-0.25, -0.2) is 0 Å². The van der Waals surface area contributed by atoms with Gasteiger partial charge >= 0.3 is 0 Å². The number of aliphatic hydroxyl groups excluding tert-OH is 1. The van der Waals surface area contributed by atoms with Crippen molar-refractivity contribution in [1.29, 1.82) is 0 Å². The minimum atomic E-state index is -0.227. The molecule has 1 fully saturated rings. The highest BCUT2D eigenvalue weighted by molar-refractivity contribution is 9.10. The number of nitrogens with zero attached hydrogens (tertiary/aromatic N) is 1. The topological polar surface area (TPSA) is 49.5 Å². The van der Waals surface area contributed by atoms with Crippen LogP contribution in [0.3, 0.4) is 0 Å². The van der Waals surface area contributed by atoms with Gasteiger partial charge in [-0.1, -0.05) is 47.0 Å². The van der Waals surface area contributed by atoms with Crippen molar-refractivity contribution < 1.29 is 5.11 Å². The highest BCUT2D eigenvalue weighted by atomic mass is 79.9. The number of aliphatic hydroxyl groups is 1. The van der Waals surface area contributed by atoms with Gasteiger partial charge in [-0.15, -0.1) is 0 Å². The van der Waals surface area contributed by atoms with Gasteiger partial charge in [0.05, 0.1) is 6.10 Å². The summed E-state index contributed by atoms with van der Waals surface area (Å²) >= 11 is 3.60. The Kier molecular flexibility index (Phi) is 5.39. The van der Waals surface area contributed by atoms with E-state index in [0.29, 0.717) is 6.54 Å². The molecule has 1 saturated carbocycles. The van der Waals surface area contributed by atoms with E-state index < -0.39 is 0 Å².